The minimum Gasteiger partial charge on any atom is -1.00 e. The van der Waals surface area contributed by atoms with Gasteiger partial charge in [0.2, 0.25) is 0 Å². The van der Waals surface area contributed by atoms with E-state index in [1.807, 2.05) is 96.6 Å². The van der Waals surface area contributed by atoms with Gasteiger partial charge in [-0.3, -0.25) is 0 Å². The molecule has 0 atom stereocenters. The van der Waals surface area contributed by atoms with Crippen molar-refractivity contribution >= 4 is 61.5 Å². The number of phenolic OH excluding ortho intramolecular Hbond substituents is 2. The molecule has 0 aliphatic rings. The Morgan fingerprint density at radius 1 is 0.528 bits per heavy atom. The van der Waals surface area contributed by atoms with Crippen LogP contribution in [0.4, 0.5) is 0 Å². The number of halogens is 4. The van der Waals surface area contributed by atoms with Crippen LogP contribution in [0.5, 0.6) is 11.5 Å². The molecule has 2 N–H and O–H groups in total. The molecule has 0 aliphatic heterocycles. The Kier molecular flexibility index (Phi) is 17.2. The molecule has 2 heterocycles. The zero-order valence-electron chi connectivity index (χ0n) is 19.8. The summed E-state index contributed by atoms with van der Waals surface area (Å²) >= 11 is 5.30. The van der Waals surface area contributed by atoms with Crippen molar-refractivity contribution < 1.29 is 56.6 Å². The Bertz CT molecular complexity index is 1000. The van der Waals surface area contributed by atoms with E-state index >= 15 is 0 Å². The minimum atomic E-state index is 0. The third-order valence-electron chi connectivity index (χ3n) is 4.73. The molecule has 2 aromatic heterocycles. The Hall–Kier alpha value is -1.26. The van der Waals surface area contributed by atoms with Gasteiger partial charge in [-0.25, -0.2) is 9.13 Å². The monoisotopic (exact) mass is 932 g/mol. The number of aryl methyl sites for hydroxylation is 2. The maximum absolute atomic E-state index is 9.15. The van der Waals surface area contributed by atoms with E-state index in [2.05, 4.69) is 61.5 Å². The van der Waals surface area contributed by atoms with Crippen molar-refractivity contribution in [3.63, 3.8) is 0 Å². The van der Waals surface area contributed by atoms with Gasteiger partial charge in [0.05, 0.1) is 0 Å². The Labute approximate surface area is 260 Å². The second-order valence-corrected chi connectivity index (χ2v) is 23.7. The molecule has 0 saturated heterocycles. The number of benzene rings is 2. The molecule has 190 valence electrons. The van der Waals surface area contributed by atoms with Crippen LogP contribution in [0, 0.1) is 0 Å². The minimum absolute atomic E-state index is 0. The first-order valence-corrected chi connectivity index (χ1v) is 23.2. The Morgan fingerprint density at radius 3 is 1.00 bits per heavy atom. The van der Waals surface area contributed by atoms with Gasteiger partial charge in [-0.05, 0) is 46.5 Å². The quantitative estimate of drug-likeness (QED) is 0.233. The maximum Gasteiger partial charge on any atom is -1.00 e. The third kappa shape index (κ3) is 13.9. The van der Waals surface area contributed by atoms with Gasteiger partial charge in [0, 0.05) is 24.3 Å². The fraction of sp³-hybridized carbons (Fsp3) is 0.0714. The van der Waals surface area contributed by atoms with Crippen LogP contribution in [-0.2, 0) is 14.1 Å². The van der Waals surface area contributed by atoms with Crippen LogP contribution in [0.25, 0.3) is 24.3 Å². The number of aromatic hydroxyl groups is 2. The summed E-state index contributed by atoms with van der Waals surface area (Å²) in [6.45, 7) is 0. The molecule has 0 unspecified atom stereocenters. The van der Waals surface area contributed by atoms with Crippen LogP contribution in [0.2, 0.25) is 0 Å². The van der Waals surface area contributed by atoms with Crippen LogP contribution in [-0.4, -0.2) is 10.2 Å². The zero-order valence-corrected chi connectivity index (χ0v) is 28.5. The molecule has 0 amide bonds. The van der Waals surface area contributed by atoms with Crippen LogP contribution in [0.1, 0.15) is 22.3 Å². The van der Waals surface area contributed by atoms with Gasteiger partial charge in [0.25, 0.3) is 0 Å². The largest absolute Gasteiger partial charge is 1.00 e. The average molecular weight is 932 g/mol. The summed E-state index contributed by atoms with van der Waals surface area (Å²) in [5.74, 6) is 0.591. The maximum atomic E-state index is 9.15. The number of pyridine rings is 2. The van der Waals surface area contributed by atoms with Crippen LogP contribution >= 0.6 is 37.2 Å². The molecule has 4 nitrogen and oxygen atoms in total. The second-order valence-electron chi connectivity index (χ2n) is 7.50. The van der Waals surface area contributed by atoms with E-state index in [-0.39, 0.29) is 24.0 Å². The smallest absolute Gasteiger partial charge is 1.00 e. The molecule has 36 heavy (non-hydrogen) atoms. The van der Waals surface area contributed by atoms with Crippen molar-refractivity contribution in [1.82, 2.24) is 0 Å². The van der Waals surface area contributed by atoms with Gasteiger partial charge in [-0.1, -0.05) is 48.6 Å². The third-order valence-corrected chi connectivity index (χ3v) is 4.73. The van der Waals surface area contributed by atoms with Crippen molar-refractivity contribution in [2.45, 2.75) is 0 Å². The van der Waals surface area contributed by atoms with Crippen molar-refractivity contribution in [3.05, 3.63) is 120 Å². The predicted octanol–water partition coefficient (Wildman–Crippen LogP) is 0.554. The average Bonchev–Trinajstić information content (AvgIpc) is 2.86. The molecule has 0 saturated carbocycles. The molecule has 4 rings (SSSR count). The molecule has 0 spiro atoms. The standard InChI is InChI=1S/2C14H13NO.I3.HI/c2*1-15-10-8-13(9-11-15)3-2-12-4-6-14(16)7-5-12;1-3-2;/h2*2-11H,1H3;;1H/q;;-1;/p+1. The first kappa shape index (κ1) is 32.8. The Balaban J connectivity index is 0.000000317. The van der Waals surface area contributed by atoms with Crippen molar-refractivity contribution in [2.75, 3.05) is 0 Å². The van der Waals surface area contributed by atoms with Crippen molar-refractivity contribution in [1.29, 1.82) is 0 Å². The van der Waals surface area contributed by atoms with Gasteiger partial charge < -0.3 is 34.2 Å². The molecule has 8 heteroatoms. The van der Waals surface area contributed by atoms with E-state index in [9.17, 15) is 0 Å². The topological polar surface area (TPSA) is 48.2 Å². The predicted molar refractivity (Wildman–Crippen MR) is 157 cm³/mol. The molecule has 2 aromatic carbocycles. The number of phenols is 2. The number of aromatic nitrogens is 2. The van der Waals surface area contributed by atoms with Crippen LogP contribution in [0.15, 0.2) is 97.6 Å². The molecule has 0 radical (unpaired) electrons. The summed E-state index contributed by atoms with van der Waals surface area (Å²) in [5, 5.41) is 18.3. The van der Waals surface area contributed by atoms with Gasteiger partial charge in [0.15, 0.2) is 24.8 Å². The van der Waals surface area contributed by atoms with E-state index < -0.39 is 0 Å². The van der Waals surface area contributed by atoms with Crippen LogP contribution < -0.4 is 46.4 Å². The number of nitrogens with zero attached hydrogens (tertiary/aromatic N) is 2. The molecule has 0 aliphatic carbocycles. The molecular weight excluding hydrogens is 904 g/mol. The van der Waals surface area contributed by atoms with Crippen molar-refractivity contribution in [3.8, 4) is 11.5 Å². The van der Waals surface area contributed by atoms with E-state index in [0.717, 1.165) is 22.3 Å². The summed E-state index contributed by atoms with van der Waals surface area (Å²) in [6.07, 6.45) is 16.2. The van der Waals surface area contributed by atoms with Gasteiger partial charge in [-0.15, -0.1) is 0 Å². The number of hydrogen-bond donors (Lipinski definition) is 2. The SMILES string of the molecule is C[n+]1ccc(/C=C/c2ccc(O)cc2)cc1.C[n+]1ccc(/C=C/c2ccc(O)cc2)cc1.I[I-]I.[I-]. The summed E-state index contributed by atoms with van der Waals surface area (Å²) in [5.41, 5.74) is 4.47. The van der Waals surface area contributed by atoms with E-state index in [0.29, 0.717) is 24.8 Å². The first-order chi connectivity index (χ1) is 16.9. The molecule has 0 fully saturated rings. The number of hydrogen-bond acceptors (Lipinski definition) is 2. The Morgan fingerprint density at radius 2 is 0.750 bits per heavy atom. The number of rotatable bonds is 4. The van der Waals surface area contributed by atoms with Crippen molar-refractivity contribution in [2.24, 2.45) is 14.1 Å². The van der Waals surface area contributed by atoms with E-state index in [1.165, 1.54) is 0 Å². The van der Waals surface area contributed by atoms with E-state index in [1.54, 1.807) is 24.3 Å². The van der Waals surface area contributed by atoms with Crippen LogP contribution in [0.3, 0.4) is 0 Å². The summed E-state index contributed by atoms with van der Waals surface area (Å²) < 4.78 is 4.00. The second kappa shape index (κ2) is 18.9. The summed E-state index contributed by atoms with van der Waals surface area (Å²) in [4.78, 5) is 0. The first-order valence-electron chi connectivity index (χ1n) is 10.6. The van der Waals surface area contributed by atoms with Gasteiger partial charge >= 0.3 is 50.5 Å². The normalized spacial score (nSPS) is 10.2. The molecule has 4 aromatic rings. The summed E-state index contributed by atoms with van der Waals surface area (Å²) in [7, 11) is 3.99. The fourth-order valence-corrected chi connectivity index (χ4v) is 2.80. The van der Waals surface area contributed by atoms with Gasteiger partial charge in [0.1, 0.15) is 25.6 Å². The fourth-order valence-electron chi connectivity index (χ4n) is 2.80. The molecule has 0 bridgehead atoms. The van der Waals surface area contributed by atoms with E-state index in [4.69, 9.17) is 10.2 Å². The molecular formula is C28H28I4N2O2. The van der Waals surface area contributed by atoms with Gasteiger partial charge in [-0.2, -0.15) is 0 Å². The summed E-state index contributed by atoms with van der Waals surface area (Å²) in [6, 6.07) is 22.5. The zero-order chi connectivity index (χ0) is 25.5.